The Balaban J connectivity index is 1.92. The first-order valence-corrected chi connectivity index (χ1v) is 8.71. The molecule has 2 unspecified atom stereocenters. The summed E-state index contributed by atoms with van der Waals surface area (Å²) >= 11 is 0. The molecule has 0 fully saturated rings. The summed E-state index contributed by atoms with van der Waals surface area (Å²) in [4.78, 5) is 24.7. The van der Waals surface area contributed by atoms with Gasteiger partial charge < -0.3 is 14.8 Å². The van der Waals surface area contributed by atoms with Crippen molar-refractivity contribution in [2.45, 2.75) is 38.8 Å². The van der Waals surface area contributed by atoms with Crippen LogP contribution in [-0.2, 0) is 20.9 Å². The Labute approximate surface area is 154 Å². The van der Waals surface area contributed by atoms with Crippen molar-refractivity contribution in [3.05, 3.63) is 65.7 Å². The molecule has 138 valence electrons. The smallest absolute Gasteiger partial charge is 0.314 e. The number of para-hydroxylation sites is 1. The number of carbonyl (C=O) groups is 2. The average Bonchev–Trinajstić information content (AvgIpc) is 2.67. The minimum Gasteiger partial charge on any atom is -0.496 e. The maximum atomic E-state index is 12.4. The molecule has 26 heavy (non-hydrogen) atoms. The Kier molecular flexibility index (Phi) is 7.21. The van der Waals surface area contributed by atoms with Crippen molar-refractivity contribution in [1.29, 1.82) is 0 Å². The van der Waals surface area contributed by atoms with E-state index in [4.69, 9.17) is 9.47 Å². The van der Waals surface area contributed by atoms with Gasteiger partial charge in [-0.25, -0.2) is 0 Å². The highest BCUT2D eigenvalue weighted by Crippen LogP contribution is 2.21. The molecule has 2 atom stereocenters. The van der Waals surface area contributed by atoms with Crippen LogP contribution in [0.15, 0.2) is 54.6 Å². The molecule has 0 aliphatic heterocycles. The highest BCUT2D eigenvalue weighted by Gasteiger charge is 2.25. The van der Waals surface area contributed by atoms with Crippen LogP contribution in [-0.4, -0.2) is 25.1 Å². The number of rotatable bonds is 8. The van der Waals surface area contributed by atoms with E-state index >= 15 is 0 Å². The molecule has 2 rings (SSSR count). The molecule has 0 radical (unpaired) electrons. The van der Waals surface area contributed by atoms with E-state index in [1.54, 1.807) is 14.0 Å². The number of amides is 1. The number of esters is 1. The topological polar surface area (TPSA) is 64.6 Å². The second-order valence-corrected chi connectivity index (χ2v) is 5.98. The molecule has 0 aliphatic carbocycles. The van der Waals surface area contributed by atoms with Crippen molar-refractivity contribution in [3.8, 4) is 5.75 Å². The van der Waals surface area contributed by atoms with Crippen LogP contribution in [0.1, 0.15) is 37.3 Å². The van der Waals surface area contributed by atoms with E-state index in [0.29, 0.717) is 18.7 Å². The van der Waals surface area contributed by atoms with E-state index in [-0.39, 0.29) is 11.8 Å². The largest absolute Gasteiger partial charge is 0.496 e. The van der Waals surface area contributed by atoms with Crippen LogP contribution in [0.4, 0.5) is 0 Å². The normalized spacial score (nSPS) is 12.7. The fraction of sp³-hybridized carbons (Fsp3) is 0.333. The van der Waals surface area contributed by atoms with Crippen LogP contribution in [0.25, 0.3) is 0 Å². The number of hydrogen-bond donors (Lipinski definition) is 1. The Morgan fingerprint density at radius 3 is 2.35 bits per heavy atom. The van der Waals surface area contributed by atoms with Crippen LogP contribution in [0, 0.1) is 0 Å². The van der Waals surface area contributed by atoms with Gasteiger partial charge in [0, 0.05) is 12.1 Å². The summed E-state index contributed by atoms with van der Waals surface area (Å²) in [6.45, 7) is 3.80. The van der Waals surface area contributed by atoms with Crippen LogP contribution in [0.5, 0.6) is 5.75 Å². The summed E-state index contributed by atoms with van der Waals surface area (Å²) in [7, 11) is 1.58. The number of methoxy groups -OCH3 is 1. The van der Waals surface area contributed by atoms with Gasteiger partial charge in [-0.3, -0.25) is 9.59 Å². The highest BCUT2D eigenvalue weighted by atomic mass is 16.5. The van der Waals surface area contributed by atoms with Crippen molar-refractivity contribution in [3.63, 3.8) is 0 Å². The maximum absolute atomic E-state index is 12.4. The summed E-state index contributed by atoms with van der Waals surface area (Å²) in [5.74, 6) is -0.404. The molecule has 0 bridgehead atoms. The number of ether oxygens (including phenoxy) is 2. The van der Waals surface area contributed by atoms with Crippen molar-refractivity contribution in [2.75, 3.05) is 7.11 Å². The van der Waals surface area contributed by atoms with Gasteiger partial charge in [-0.2, -0.15) is 0 Å². The Hall–Kier alpha value is -2.82. The van der Waals surface area contributed by atoms with E-state index in [1.807, 2.05) is 61.5 Å². The molecule has 0 saturated carbocycles. The molecule has 2 aromatic carbocycles. The Bertz CT molecular complexity index is 730. The zero-order valence-corrected chi connectivity index (χ0v) is 15.4. The molecule has 0 aliphatic rings. The molecular weight excluding hydrogens is 330 g/mol. The zero-order chi connectivity index (χ0) is 18.9. The lowest BCUT2D eigenvalue weighted by molar-refractivity contribution is -0.156. The van der Waals surface area contributed by atoms with E-state index in [9.17, 15) is 9.59 Å². The fourth-order valence-electron chi connectivity index (χ4n) is 2.71. The molecule has 0 saturated heterocycles. The fourth-order valence-corrected chi connectivity index (χ4v) is 2.71. The van der Waals surface area contributed by atoms with Crippen LogP contribution in [0.3, 0.4) is 0 Å². The second-order valence-electron chi connectivity index (χ2n) is 5.98. The molecule has 5 nitrogen and oxygen atoms in total. The number of benzene rings is 2. The van der Waals surface area contributed by atoms with Gasteiger partial charge in [-0.05, 0) is 25.0 Å². The molecule has 0 spiro atoms. The van der Waals surface area contributed by atoms with Gasteiger partial charge in [0.25, 0.3) is 5.91 Å². The SMILES string of the molecule is CCC(C(=O)OC(C)C(=O)NCc1ccccc1OC)c1ccccc1. The van der Waals surface area contributed by atoms with Gasteiger partial charge in [-0.15, -0.1) is 0 Å². The lowest BCUT2D eigenvalue weighted by Gasteiger charge is -2.19. The third-order valence-electron chi connectivity index (χ3n) is 4.20. The Morgan fingerprint density at radius 1 is 1.04 bits per heavy atom. The molecule has 0 aromatic heterocycles. The summed E-state index contributed by atoms with van der Waals surface area (Å²) in [5, 5.41) is 2.78. The van der Waals surface area contributed by atoms with Crippen molar-refractivity contribution in [1.82, 2.24) is 5.32 Å². The van der Waals surface area contributed by atoms with Crippen LogP contribution in [0.2, 0.25) is 0 Å². The first-order valence-electron chi connectivity index (χ1n) is 8.71. The monoisotopic (exact) mass is 355 g/mol. The lowest BCUT2D eigenvalue weighted by Crippen LogP contribution is -2.36. The van der Waals surface area contributed by atoms with Gasteiger partial charge in [-0.1, -0.05) is 55.5 Å². The summed E-state index contributed by atoms with van der Waals surface area (Å²) in [6.07, 6.45) is -0.256. The third-order valence-corrected chi connectivity index (χ3v) is 4.20. The van der Waals surface area contributed by atoms with Crippen molar-refractivity contribution in [2.24, 2.45) is 0 Å². The number of hydrogen-bond acceptors (Lipinski definition) is 4. The van der Waals surface area contributed by atoms with Gasteiger partial charge in [0.1, 0.15) is 5.75 Å². The average molecular weight is 355 g/mol. The quantitative estimate of drug-likeness (QED) is 0.737. The first kappa shape index (κ1) is 19.5. The molecule has 1 N–H and O–H groups in total. The van der Waals surface area contributed by atoms with Gasteiger partial charge >= 0.3 is 5.97 Å². The van der Waals surface area contributed by atoms with E-state index in [2.05, 4.69) is 5.32 Å². The molecule has 1 amide bonds. The zero-order valence-electron chi connectivity index (χ0n) is 15.4. The van der Waals surface area contributed by atoms with Gasteiger partial charge in [0.05, 0.1) is 13.0 Å². The van der Waals surface area contributed by atoms with E-state index < -0.39 is 12.1 Å². The standard InChI is InChI=1S/C21H25NO4/c1-4-18(16-10-6-5-7-11-16)21(24)26-15(2)20(23)22-14-17-12-8-9-13-19(17)25-3/h5-13,15,18H,4,14H2,1-3H3,(H,22,23). The first-order chi connectivity index (χ1) is 12.6. The lowest BCUT2D eigenvalue weighted by atomic mass is 9.97. The minimum absolute atomic E-state index is 0.306. The van der Waals surface area contributed by atoms with E-state index in [1.165, 1.54) is 0 Å². The molecule has 2 aromatic rings. The number of nitrogens with one attached hydrogen (secondary N) is 1. The van der Waals surface area contributed by atoms with Gasteiger partial charge in [0.2, 0.25) is 0 Å². The summed E-state index contributed by atoms with van der Waals surface area (Å²) < 4.78 is 10.6. The third kappa shape index (κ3) is 5.09. The molecule has 0 heterocycles. The summed E-state index contributed by atoms with van der Waals surface area (Å²) in [5.41, 5.74) is 1.75. The predicted molar refractivity (Wildman–Crippen MR) is 99.9 cm³/mol. The second kappa shape index (κ2) is 9.61. The van der Waals surface area contributed by atoms with E-state index in [0.717, 1.165) is 11.1 Å². The summed E-state index contributed by atoms with van der Waals surface area (Å²) in [6, 6.07) is 16.9. The molecule has 5 heteroatoms. The molecular formula is C21H25NO4. The highest BCUT2D eigenvalue weighted by molar-refractivity contribution is 5.85. The van der Waals surface area contributed by atoms with Gasteiger partial charge in [0.15, 0.2) is 6.10 Å². The van der Waals surface area contributed by atoms with Crippen LogP contribution >= 0.6 is 0 Å². The Morgan fingerprint density at radius 2 is 1.69 bits per heavy atom. The van der Waals surface area contributed by atoms with Crippen molar-refractivity contribution < 1.29 is 19.1 Å². The predicted octanol–water partition coefficient (Wildman–Crippen LogP) is 3.44. The number of carbonyl (C=O) groups excluding carboxylic acids is 2. The van der Waals surface area contributed by atoms with Crippen molar-refractivity contribution >= 4 is 11.9 Å². The maximum Gasteiger partial charge on any atom is 0.314 e. The minimum atomic E-state index is -0.866. The van der Waals surface area contributed by atoms with Crippen LogP contribution < -0.4 is 10.1 Å².